The molecule has 3 rings (SSSR count). The van der Waals surface area contributed by atoms with Crippen LogP contribution in [0, 0.1) is 20.8 Å². The summed E-state index contributed by atoms with van der Waals surface area (Å²) in [4.78, 5) is 51.3. The van der Waals surface area contributed by atoms with Crippen molar-refractivity contribution in [3.8, 4) is 0 Å². The summed E-state index contributed by atoms with van der Waals surface area (Å²) >= 11 is 0. The van der Waals surface area contributed by atoms with Crippen molar-refractivity contribution >= 4 is 46.0 Å². The number of hydrogen-bond donors (Lipinski definition) is 4. The van der Waals surface area contributed by atoms with Crippen LogP contribution in [-0.2, 0) is 9.59 Å². The van der Waals surface area contributed by atoms with Crippen LogP contribution in [0.15, 0.2) is 48.5 Å². The van der Waals surface area contributed by atoms with Gasteiger partial charge in [0.25, 0.3) is 5.91 Å². The molecule has 40 heavy (non-hydrogen) atoms. The Hall–Kier alpha value is -4.40. The van der Waals surface area contributed by atoms with Crippen molar-refractivity contribution in [2.75, 3.05) is 30.3 Å². The Labute approximate surface area is 234 Å². The van der Waals surface area contributed by atoms with Crippen LogP contribution < -0.4 is 16.0 Å². The van der Waals surface area contributed by atoms with E-state index in [1.54, 1.807) is 17.0 Å². The number of urea groups is 1. The number of carbonyl (C=O) groups excluding carboxylic acids is 3. The Morgan fingerprint density at radius 3 is 2.12 bits per heavy atom. The number of rotatable bonds is 12. The first kappa shape index (κ1) is 30.1. The Kier molecular flexibility index (Phi) is 10.6. The molecule has 0 aromatic heterocycles. The normalized spacial score (nSPS) is 10.7. The molecule has 9 heteroatoms. The van der Waals surface area contributed by atoms with Gasteiger partial charge in [0.2, 0.25) is 5.91 Å². The maximum absolute atomic E-state index is 13.3. The van der Waals surface area contributed by atoms with Gasteiger partial charge in [-0.1, -0.05) is 48.9 Å². The lowest BCUT2D eigenvalue weighted by Crippen LogP contribution is -2.39. The molecule has 4 amide bonds. The number of fused-ring (bicyclic) bond motifs is 1. The van der Waals surface area contributed by atoms with Crippen LogP contribution in [0.25, 0.3) is 10.8 Å². The van der Waals surface area contributed by atoms with Crippen LogP contribution in [0.3, 0.4) is 0 Å². The highest BCUT2D eigenvalue weighted by atomic mass is 16.4. The molecule has 0 heterocycles. The molecule has 3 aromatic carbocycles. The topological polar surface area (TPSA) is 128 Å². The first-order chi connectivity index (χ1) is 19.1. The standard InChI is InChI=1S/C31H38N4O5/c1-5-9-27(36)35(14-8-12-28(37)38)15-13-32-30(39)25-18-23-10-6-7-11-24(23)19-26(25)33-31(40)34-29-21(3)16-20(2)17-22(29)4/h6-7,10-11,16-19H,5,8-9,12-15H2,1-4H3,(H,32,39)(H,37,38)(H2,33,34,40). The molecule has 9 nitrogen and oxygen atoms in total. The molecule has 0 fully saturated rings. The smallest absolute Gasteiger partial charge is 0.323 e. The highest BCUT2D eigenvalue weighted by Crippen LogP contribution is 2.26. The number of carboxylic acids is 1. The lowest BCUT2D eigenvalue weighted by Gasteiger charge is -2.23. The largest absolute Gasteiger partial charge is 0.481 e. The van der Waals surface area contributed by atoms with Crippen LogP contribution >= 0.6 is 0 Å². The summed E-state index contributed by atoms with van der Waals surface area (Å²) in [7, 11) is 0. The minimum Gasteiger partial charge on any atom is -0.481 e. The van der Waals surface area contributed by atoms with E-state index < -0.39 is 17.9 Å². The number of aryl methyl sites for hydroxylation is 3. The van der Waals surface area contributed by atoms with E-state index in [1.165, 1.54) is 0 Å². The van der Waals surface area contributed by atoms with Crippen molar-refractivity contribution in [3.63, 3.8) is 0 Å². The van der Waals surface area contributed by atoms with Gasteiger partial charge < -0.3 is 26.0 Å². The maximum Gasteiger partial charge on any atom is 0.323 e. The molecule has 0 atom stereocenters. The van der Waals surface area contributed by atoms with Gasteiger partial charge in [-0.2, -0.15) is 0 Å². The second-order valence-corrected chi connectivity index (χ2v) is 9.98. The summed E-state index contributed by atoms with van der Waals surface area (Å²) in [5.74, 6) is -1.38. The first-order valence-electron chi connectivity index (χ1n) is 13.6. The molecule has 212 valence electrons. The van der Waals surface area contributed by atoms with E-state index in [1.807, 2.05) is 64.1 Å². The van der Waals surface area contributed by atoms with Gasteiger partial charge in [0.15, 0.2) is 0 Å². The molecule has 0 spiro atoms. The average molecular weight is 547 g/mol. The Morgan fingerprint density at radius 1 is 0.850 bits per heavy atom. The number of carboxylic acid groups (broad SMARTS) is 1. The Bertz CT molecular complexity index is 1380. The highest BCUT2D eigenvalue weighted by Gasteiger charge is 2.18. The highest BCUT2D eigenvalue weighted by molar-refractivity contribution is 6.10. The van der Waals surface area contributed by atoms with Gasteiger partial charge in [0, 0.05) is 38.2 Å². The monoisotopic (exact) mass is 546 g/mol. The fraction of sp³-hybridized carbons (Fsp3) is 0.355. The third-order valence-electron chi connectivity index (χ3n) is 6.60. The minimum absolute atomic E-state index is 0.0297. The maximum atomic E-state index is 13.3. The zero-order valence-corrected chi connectivity index (χ0v) is 23.6. The van der Waals surface area contributed by atoms with Crippen LogP contribution in [0.1, 0.15) is 59.7 Å². The van der Waals surface area contributed by atoms with E-state index in [-0.39, 0.29) is 25.4 Å². The molecular formula is C31H38N4O5. The number of benzene rings is 3. The zero-order chi connectivity index (χ0) is 29.2. The van der Waals surface area contributed by atoms with Gasteiger partial charge in [-0.3, -0.25) is 14.4 Å². The molecular weight excluding hydrogens is 508 g/mol. The molecule has 4 N–H and O–H groups in total. The first-order valence-corrected chi connectivity index (χ1v) is 13.6. The summed E-state index contributed by atoms with van der Waals surface area (Å²) in [6.45, 7) is 8.51. The van der Waals surface area contributed by atoms with Crippen LogP contribution in [0.4, 0.5) is 16.2 Å². The summed E-state index contributed by atoms with van der Waals surface area (Å²) in [6, 6.07) is 14.6. The van der Waals surface area contributed by atoms with Crippen molar-refractivity contribution in [3.05, 3.63) is 70.8 Å². The van der Waals surface area contributed by atoms with E-state index in [2.05, 4.69) is 16.0 Å². The van der Waals surface area contributed by atoms with Crippen molar-refractivity contribution in [1.82, 2.24) is 10.2 Å². The molecule has 0 unspecified atom stereocenters. The van der Waals surface area contributed by atoms with Crippen molar-refractivity contribution < 1.29 is 24.3 Å². The second-order valence-electron chi connectivity index (χ2n) is 9.98. The fourth-order valence-corrected chi connectivity index (χ4v) is 4.73. The summed E-state index contributed by atoms with van der Waals surface area (Å²) in [6.07, 6.45) is 1.34. The number of hydrogen-bond acceptors (Lipinski definition) is 4. The summed E-state index contributed by atoms with van der Waals surface area (Å²) in [5, 5.41) is 19.3. The number of anilines is 2. The van der Waals surface area contributed by atoms with E-state index in [9.17, 15) is 19.2 Å². The predicted octanol–water partition coefficient (Wildman–Crippen LogP) is 5.63. The Balaban J connectivity index is 1.76. The average Bonchev–Trinajstić information content (AvgIpc) is 2.89. The van der Waals surface area contributed by atoms with Gasteiger partial charge in [-0.15, -0.1) is 0 Å². The zero-order valence-electron chi connectivity index (χ0n) is 23.6. The molecule has 0 saturated heterocycles. The number of amides is 4. The summed E-state index contributed by atoms with van der Waals surface area (Å²) < 4.78 is 0. The number of aliphatic carboxylic acids is 1. The molecule has 0 aliphatic heterocycles. The third kappa shape index (κ3) is 8.30. The van der Waals surface area contributed by atoms with Gasteiger partial charge in [0.05, 0.1) is 11.3 Å². The fourth-order valence-electron chi connectivity index (χ4n) is 4.73. The van der Waals surface area contributed by atoms with Gasteiger partial charge in [0.1, 0.15) is 0 Å². The van der Waals surface area contributed by atoms with Crippen LogP contribution in [0.2, 0.25) is 0 Å². The van der Waals surface area contributed by atoms with Crippen LogP contribution in [-0.4, -0.2) is 53.5 Å². The molecule has 0 bridgehead atoms. The molecule has 0 aliphatic rings. The minimum atomic E-state index is -0.913. The van der Waals surface area contributed by atoms with E-state index in [0.29, 0.717) is 37.1 Å². The van der Waals surface area contributed by atoms with Gasteiger partial charge >= 0.3 is 12.0 Å². The number of carbonyl (C=O) groups is 4. The third-order valence-corrected chi connectivity index (χ3v) is 6.60. The van der Waals surface area contributed by atoms with Crippen molar-refractivity contribution in [2.24, 2.45) is 0 Å². The number of nitrogens with zero attached hydrogens (tertiary/aromatic N) is 1. The predicted molar refractivity (Wildman–Crippen MR) is 158 cm³/mol. The Morgan fingerprint density at radius 2 is 1.50 bits per heavy atom. The van der Waals surface area contributed by atoms with Crippen LogP contribution in [0.5, 0.6) is 0 Å². The second kappa shape index (κ2) is 14.1. The van der Waals surface area contributed by atoms with Gasteiger partial charge in [-0.05, 0) is 67.6 Å². The molecule has 0 aliphatic carbocycles. The van der Waals surface area contributed by atoms with Crippen molar-refractivity contribution in [2.45, 2.75) is 53.4 Å². The van der Waals surface area contributed by atoms with Crippen molar-refractivity contribution in [1.29, 1.82) is 0 Å². The number of nitrogens with one attached hydrogen (secondary N) is 3. The molecule has 0 radical (unpaired) electrons. The molecule has 3 aromatic rings. The lowest BCUT2D eigenvalue weighted by atomic mass is 10.0. The quantitative estimate of drug-likeness (QED) is 0.234. The van der Waals surface area contributed by atoms with E-state index >= 15 is 0 Å². The van der Waals surface area contributed by atoms with E-state index in [4.69, 9.17) is 5.11 Å². The summed E-state index contributed by atoms with van der Waals surface area (Å²) in [5.41, 5.74) is 4.35. The molecule has 0 saturated carbocycles. The lowest BCUT2D eigenvalue weighted by molar-refractivity contribution is -0.138. The SMILES string of the molecule is CCCC(=O)N(CCCC(=O)O)CCNC(=O)c1cc2ccccc2cc1NC(=O)Nc1c(C)cc(C)cc1C. The van der Waals surface area contributed by atoms with Gasteiger partial charge in [-0.25, -0.2) is 4.79 Å². The van der Waals surface area contributed by atoms with E-state index in [0.717, 1.165) is 33.2 Å².